The summed E-state index contributed by atoms with van der Waals surface area (Å²) in [7, 11) is 5.32. The van der Waals surface area contributed by atoms with Crippen molar-refractivity contribution in [1.82, 2.24) is 4.90 Å². The van der Waals surface area contributed by atoms with Gasteiger partial charge in [-0.2, -0.15) is 0 Å². The fourth-order valence-electron chi connectivity index (χ4n) is 2.38. The smallest absolute Gasteiger partial charge is 0.245 e. The number of aryl methyl sites for hydroxylation is 1. The minimum atomic E-state index is -0.0286. The molecule has 5 heteroatoms. The predicted molar refractivity (Wildman–Crippen MR) is 95.8 cm³/mol. The maximum absolute atomic E-state index is 12.9. The third-order valence-electron chi connectivity index (χ3n) is 3.40. The molecule has 24 heavy (non-hydrogen) atoms. The summed E-state index contributed by atoms with van der Waals surface area (Å²) in [6.45, 7) is 2.41. The predicted octanol–water partition coefficient (Wildman–Crippen LogP) is 3.20. The van der Waals surface area contributed by atoms with E-state index >= 15 is 0 Å². The molecule has 0 unspecified atom stereocenters. The van der Waals surface area contributed by atoms with Crippen molar-refractivity contribution in [3.05, 3.63) is 54.1 Å². The number of amides is 1. The summed E-state index contributed by atoms with van der Waals surface area (Å²) in [5.74, 6) is 0.581. The molecule has 0 radical (unpaired) electrons. The molecular weight excluding hydrogens is 304 g/mol. The van der Waals surface area contributed by atoms with E-state index in [0.29, 0.717) is 18.0 Å². The average Bonchev–Trinajstić information content (AvgIpc) is 2.54. The molecule has 128 valence electrons. The van der Waals surface area contributed by atoms with Crippen molar-refractivity contribution in [3.8, 4) is 5.75 Å². The lowest BCUT2D eigenvalue weighted by atomic mass is 10.1. The number of para-hydroxylation sites is 1. The molecule has 1 amide bonds. The van der Waals surface area contributed by atoms with Crippen LogP contribution < -0.4 is 9.64 Å². The van der Waals surface area contributed by atoms with Crippen molar-refractivity contribution in [3.63, 3.8) is 0 Å². The first-order chi connectivity index (χ1) is 11.5. The molecule has 2 rings (SSSR count). The second-order valence-electron chi connectivity index (χ2n) is 5.82. The van der Waals surface area contributed by atoms with E-state index in [1.807, 2.05) is 74.4 Å². The van der Waals surface area contributed by atoms with Crippen LogP contribution >= 0.6 is 0 Å². The largest absolute Gasteiger partial charge is 0.465 e. The van der Waals surface area contributed by atoms with Gasteiger partial charge in [0, 0.05) is 12.8 Å². The van der Waals surface area contributed by atoms with E-state index in [-0.39, 0.29) is 12.7 Å². The van der Waals surface area contributed by atoms with Gasteiger partial charge in [-0.3, -0.25) is 9.69 Å². The zero-order valence-electron chi connectivity index (χ0n) is 14.7. The summed E-state index contributed by atoms with van der Waals surface area (Å²) in [6.07, 6.45) is 0. The molecule has 0 aliphatic carbocycles. The molecule has 0 saturated carbocycles. The summed E-state index contributed by atoms with van der Waals surface area (Å²) in [6, 6.07) is 15.3. The molecule has 0 spiro atoms. The highest BCUT2D eigenvalue weighted by Gasteiger charge is 2.22. The molecule has 0 saturated heterocycles. The highest BCUT2D eigenvalue weighted by molar-refractivity contribution is 6.03. The lowest BCUT2D eigenvalue weighted by Gasteiger charge is -2.26. The van der Waals surface area contributed by atoms with Gasteiger partial charge in [0.25, 0.3) is 0 Å². The van der Waals surface area contributed by atoms with Crippen molar-refractivity contribution < 1.29 is 14.3 Å². The van der Waals surface area contributed by atoms with E-state index in [0.717, 1.165) is 11.3 Å². The zero-order valence-corrected chi connectivity index (χ0v) is 14.7. The Bertz CT molecular complexity index is 672. The van der Waals surface area contributed by atoms with Crippen molar-refractivity contribution in [1.29, 1.82) is 0 Å². The van der Waals surface area contributed by atoms with Crippen LogP contribution in [-0.2, 0) is 9.53 Å². The molecule has 0 aliphatic heterocycles. The van der Waals surface area contributed by atoms with E-state index in [1.54, 1.807) is 12.0 Å². The number of hydrogen-bond acceptors (Lipinski definition) is 4. The number of hydrogen-bond donors (Lipinski definition) is 0. The number of likely N-dealkylation sites (N-methyl/N-ethyl adjacent to an activating group) is 1. The van der Waals surface area contributed by atoms with Gasteiger partial charge in [-0.1, -0.05) is 24.3 Å². The molecule has 0 aliphatic rings. The first-order valence-electron chi connectivity index (χ1n) is 7.78. The van der Waals surface area contributed by atoms with Gasteiger partial charge < -0.3 is 14.4 Å². The van der Waals surface area contributed by atoms with Crippen LogP contribution in [0.1, 0.15) is 5.56 Å². The second kappa shape index (κ2) is 8.47. The first kappa shape index (κ1) is 18.0. The molecule has 2 aromatic rings. The third kappa shape index (κ3) is 4.57. The van der Waals surface area contributed by atoms with Crippen LogP contribution in [0, 0.1) is 6.92 Å². The summed E-state index contributed by atoms with van der Waals surface area (Å²) in [4.78, 5) is 16.4. The van der Waals surface area contributed by atoms with Crippen LogP contribution in [0.4, 0.5) is 11.4 Å². The number of ether oxygens (including phenoxy) is 2. The van der Waals surface area contributed by atoms with E-state index in [2.05, 4.69) is 0 Å². The van der Waals surface area contributed by atoms with Gasteiger partial charge in [0.15, 0.2) is 6.79 Å². The number of methoxy groups -OCH3 is 1. The monoisotopic (exact) mass is 328 g/mol. The quantitative estimate of drug-likeness (QED) is 0.732. The van der Waals surface area contributed by atoms with Gasteiger partial charge in [0.2, 0.25) is 5.91 Å². The Labute approximate surface area is 143 Å². The fourth-order valence-corrected chi connectivity index (χ4v) is 2.38. The lowest BCUT2D eigenvalue weighted by Crippen LogP contribution is -2.35. The molecule has 0 atom stereocenters. The van der Waals surface area contributed by atoms with Gasteiger partial charge in [0.05, 0.1) is 12.2 Å². The van der Waals surface area contributed by atoms with E-state index < -0.39 is 0 Å². The van der Waals surface area contributed by atoms with Crippen LogP contribution in [0.25, 0.3) is 0 Å². The minimum Gasteiger partial charge on any atom is -0.465 e. The molecule has 5 nitrogen and oxygen atoms in total. The fraction of sp³-hybridized carbons (Fsp3) is 0.316. The van der Waals surface area contributed by atoms with Gasteiger partial charge in [-0.25, -0.2) is 0 Å². The SMILES string of the molecule is COCOc1ccc(C)cc1N(C(=O)CN(C)C)c1ccccc1. The van der Waals surface area contributed by atoms with Crippen LogP contribution in [-0.4, -0.2) is 45.3 Å². The normalized spacial score (nSPS) is 10.7. The Hall–Kier alpha value is -2.37. The number of benzene rings is 2. The minimum absolute atomic E-state index is 0.0286. The highest BCUT2D eigenvalue weighted by atomic mass is 16.7. The topological polar surface area (TPSA) is 42.0 Å². The Balaban J connectivity index is 2.50. The van der Waals surface area contributed by atoms with E-state index in [4.69, 9.17) is 9.47 Å². The maximum Gasteiger partial charge on any atom is 0.245 e. The number of anilines is 2. The second-order valence-corrected chi connectivity index (χ2v) is 5.82. The van der Waals surface area contributed by atoms with Crippen molar-refractivity contribution in [2.45, 2.75) is 6.92 Å². The molecule has 2 aromatic carbocycles. The Morgan fingerprint density at radius 2 is 1.79 bits per heavy atom. The maximum atomic E-state index is 12.9. The highest BCUT2D eigenvalue weighted by Crippen LogP contribution is 2.35. The average molecular weight is 328 g/mol. The number of rotatable bonds is 7. The Kier molecular flexibility index (Phi) is 6.35. The molecular formula is C19H24N2O3. The standard InChI is InChI=1S/C19H24N2O3/c1-15-10-11-18(24-14-23-4)17(12-15)21(19(22)13-20(2)3)16-8-6-5-7-9-16/h5-12H,13-14H2,1-4H3. The van der Waals surface area contributed by atoms with Crippen molar-refractivity contribution in [2.24, 2.45) is 0 Å². The van der Waals surface area contributed by atoms with Crippen LogP contribution in [0.3, 0.4) is 0 Å². The molecule has 0 heterocycles. The van der Waals surface area contributed by atoms with Gasteiger partial charge in [-0.15, -0.1) is 0 Å². The van der Waals surface area contributed by atoms with E-state index in [9.17, 15) is 4.79 Å². The lowest BCUT2D eigenvalue weighted by molar-refractivity contribution is -0.118. The van der Waals surface area contributed by atoms with Crippen LogP contribution in [0.2, 0.25) is 0 Å². The van der Waals surface area contributed by atoms with Gasteiger partial charge in [0.1, 0.15) is 5.75 Å². The van der Waals surface area contributed by atoms with Crippen molar-refractivity contribution in [2.75, 3.05) is 39.4 Å². The molecule has 0 bridgehead atoms. The first-order valence-corrected chi connectivity index (χ1v) is 7.78. The summed E-state index contributed by atoms with van der Waals surface area (Å²) < 4.78 is 10.7. The van der Waals surface area contributed by atoms with Gasteiger partial charge in [-0.05, 0) is 50.8 Å². The van der Waals surface area contributed by atoms with Crippen LogP contribution in [0.15, 0.2) is 48.5 Å². The summed E-state index contributed by atoms with van der Waals surface area (Å²) in [5, 5.41) is 0. The molecule has 0 fully saturated rings. The van der Waals surface area contributed by atoms with Crippen LogP contribution in [0.5, 0.6) is 5.75 Å². The van der Waals surface area contributed by atoms with E-state index in [1.165, 1.54) is 0 Å². The third-order valence-corrected chi connectivity index (χ3v) is 3.40. The summed E-state index contributed by atoms with van der Waals surface area (Å²) in [5.41, 5.74) is 2.57. The molecule has 0 N–H and O–H groups in total. The number of carbonyl (C=O) groups excluding carboxylic acids is 1. The number of carbonyl (C=O) groups is 1. The summed E-state index contributed by atoms with van der Waals surface area (Å²) >= 11 is 0. The number of nitrogens with zero attached hydrogens (tertiary/aromatic N) is 2. The molecule has 0 aromatic heterocycles. The van der Waals surface area contributed by atoms with Crippen molar-refractivity contribution >= 4 is 17.3 Å². The Morgan fingerprint density at radius 3 is 2.42 bits per heavy atom. The zero-order chi connectivity index (χ0) is 17.5. The van der Waals surface area contributed by atoms with Gasteiger partial charge >= 0.3 is 0 Å². The Morgan fingerprint density at radius 1 is 1.08 bits per heavy atom.